The topological polar surface area (TPSA) is 27.7 Å². The Morgan fingerprint density at radius 2 is 1.61 bits per heavy atom. The first kappa shape index (κ1) is 24.8. The van der Waals surface area contributed by atoms with Crippen molar-refractivity contribution in [1.82, 2.24) is 15.1 Å². The van der Waals surface area contributed by atoms with Gasteiger partial charge in [-0.05, 0) is 67.3 Å². The Labute approximate surface area is 209 Å². The average molecular weight is 491 g/mol. The number of nitrogens with zero attached hydrogens (tertiary/aromatic N) is 2. The number of piperazine rings is 1. The first-order valence-electron chi connectivity index (χ1n) is 12.4. The number of nitrogens with one attached hydrogen (secondary N) is 1. The molecule has 2 aliphatic rings. The minimum Gasteiger partial charge on any atom is -0.497 e. The van der Waals surface area contributed by atoms with Crippen molar-refractivity contribution in [2.45, 2.75) is 50.6 Å². The summed E-state index contributed by atoms with van der Waals surface area (Å²) in [5, 5.41) is 5.10. The Morgan fingerprint density at radius 3 is 2.24 bits per heavy atom. The molecule has 4 nitrogen and oxygen atoms in total. The lowest BCUT2D eigenvalue weighted by Crippen LogP contribution is -2.52. The van der Waals surface area contributed by atoms with Gasteiger partial charge in [0.2, 0.25) is 0 Å². The third-order valence-corrected chi connectivity index (χ3v) is 7.67. The average Bonchev–Trinajstić information content (AvgIpc) is 2.84. The molecule has 180 valence electrons. The molecule has 1 aliphatic carbocycles. The van der Waals surface area contributed by atoms with E-state index in [4.69, 9.17) is 27.9 Å². The van der Waals surface area contributed by atoms with E-state index < -0.39 is 0 Å². The molecule has 6 heteroatoms. The van der Waals surface area contributed by atoms with Gasteiger partial charge in [0.05, 0.1) is 7.11 Å². The molecule has 2 fully saturated rings. The van der Waals surface area contributed by atoms with Crippen molar-refractivity contribution in [3.63, 3.8) is 0 Å². The Morgan fingerprint density at radius 1 is 0.939 bits per heavy atom. The normalized spacial score (nSPS) is 19.5. The largest absolute Gasteiger partial charge is 0.497 e. The van der Waals surface area contributed by atoms with Crippen molar-refractivity contribution in [3.8, 4) is 5.75 Å². The minimum absolute atomic E-state index is 0.354. The Balaban J connectivity index is 1.36. The van der Waals surface area contributed by atoms with Crippen LogP contribution in [0.1, 0.15) is 49.3 Å². The molecule has 0 radical (unpaired) electrons. The second kappa shape index (κ2) is 12.4. The fourth-order valence-corrected chi connectivity index (χ4v) is 5.94. The minimum atomic E-state index is 0.354. The van der Waals surface area contributed by atoms with Gasteiger partial charge < -0.3 is 10.1 Å². The molecule has 33 heavy (non-hydrogen) atoms. The van der Waals surface area contributed by atoms with Crippen LogP contribution in [0, 0.1) is 0 Å². The fourth-order valence-electron chi connectivity index (χ4n) is 5.37. The molecule has 0 amide bonds. The fraction of sp³-hybridized carbons (Fsp3) is 0.556. The molecule has 1 N–H and O–H groups in total. The van der Waals surface area contributed by atoms with Gasteiger partial charge in [-0.2, -0.15) is 0 Å². The highest BCUT2D eigenvalue weighted by atomic mass is 35.5. The zero-order chi connectivity index (χ0) is 23.0. The summed E-state index contributed by atoms with van der Waals surface area (Å²) in [6, 6.07) is 15.5. The highest BCUT2D eigenvalue weighted by Crippen LogP contribution is 2.27. The zero-order valence-electron chi connectivity index (χ0n) is 19.7. The van der Waals surface area contributed by atoms with Crippen LogP contribution >= 0.6 is 23.2 Å². The van der Waals surface area contributed by atoms with Gasteiger partial charge in [-0.25, -0.2) is 0 Å². The molecular weight excluding hydrogens is 453 g/mol. The maximum Gasteiger partial charge on any atom is 0.118 e. The van der Waals surface area contributed by atoms with E-state index in [0.717, 1.165) is 44.4 Å². The predicted molar refractivity (Wildman–Crippen MR) is 139 cm³/mol. The summed E-state index contributed by atoms with van der Waals surface area (Å²) in [7, 11) is 1.72. The first-order valence-corrected chi connectivity index (χ1v) is 13.2. The van der Waals surface area contributed by atoms with E-state index in [0.29, 0.717) is 16.1 Å². The van der Waals surface area contributed by atoms with Gasteiger partial charge >= 0.3 is 0 Å². The zero-order valence-corrected chi connectivity index (χ0v) is 21.3. The molecular formula is C27H37Cl2N3O. The molecule has 1 unspecified atom stereocenters. The molecule has 4 rings (SSSR count). The second-order valence-electron chi connectivity index (χ2n) is 9.38. The van der Waals surface area contributed by atoms with Crippen LogP contribution in [0.3, 0.4) is 0 Å². The van der Waals surface area contributed by atoms with Crippen molar-refractivity contribution in [1.29, 1.82) is 0 Å². The molecule has 1 saturated heterocycles. The summed E-state index contributed by atoms with van der Waals surface area (Å²) in [4.78, 5) is 5.40. The number of benzene rings is 2. The van der Waals surface area contributed by atoms with Crippen molar-refractivity contribution in [3.05, 3.63) is 63.6 Å². The summed E-state index contributed by atoms with van der Waals surface area (Å²) in [6.45, 7) is 6.42. The maximum atomic E-state index is 6.16. The molecule has 2 aromatic rings. The van der Waals surface area contributed by atoms with E-state index in [9.17, 15) is 0 Å². The van der Waals surface area contributed by atoms with E-state index in [1.807, 2.05) is 12.1 Å². The SMILES string of the molecule is COc1ccc(C(CNCCc2cc(Cl)cc(Cl)c2)N2CCN(C3CCCCC3)CC2)cc1. The van der Waals surface area contributed by atoms with Crippen LogP contribution in [-0.4, -0.2) is 62.2 Å². The van der Waals surface area contributed by atoms with Gasteiger partial charge in [0.15, 0.2) is 0 Å². The number of rotatable bonds is 9. The van der Waals surface area contributed by atoms with Crippen LogP contribution in [0.15, 0.2) is 42.5 Å². The third-order valence-electron chi connectivity index (χ3n) is 7.23. The summed E-state index contributed by atoms with van der Waals surface area (Å²) < 4.78 is 5.38. The molecule has 0 bridgehead atoms. The molecule has 0 spiro atoms. The quantitative estimate of drug-likeness (QED) is 0.448. The maximum absolute atomic E-state index is 6.16. The van der Waals surface area contributed by atoms with Gasteiger partial charge in [0.1, 0.15) is 5.75 Å². The first-order chi connectivity index (χ1) is 16.1. The molecule has 1 atom stereocenters. The molecule has 1 aliphatic heterocycles. The Kier molecular flexibility index (Phi) is 9.34. The number of halogens is 2. The van der Waals surface area contributed by atoms with Crippen LogP contribution in [0.25, 0.3) is 0 Å². The van der Waals surface area contributed by atoms with Crippen LogP contribution in [0.4, 0.5) is 0 Å². The van der Waals surface area contributed by atoms with Gasteiger partial charge in [0.25, 0.3) is 0 Å². The lowest BCUT2D eigenvalue weighted by molar-refractivity contribution is 0.0559. The lowest BCUT2D eigenvalue weighted by atomic mass is 9.93. The summed E-state index contributed by atoms with van der Waals surface area (Å²) in [5.41, 5.74) is 2.52. The van der Waals surface area contributed by atoms with E-state index in [1.165, 1.54) is 56.3 Å². The van der Waals surface area contributed by atoms with E-state index in [1.54, 1.807) is 13.2 Å². The lowest BCUT2D eigenvalue weighted by Gasteiger charge is -2.43. The predicted octanol–water partition coefficient (Wildman–Crippen LogP) is 5.83. The van der Waals surface area contributed by atoms with Gasteiger partial charge in [-0.15, -0.1) is 0 Å². The molecule has 2 aromatic carbocycles. The number of hydrogen-bond acceptors (Lipinski definition) is 4. The van der Waals surface area contributed by atoms with Crippen molar-refractivity contribution in [2.75, 3.05) is 46.4 Å². The van der Waals surface area contributed by atoms with E-state index in [2.05, 4.69) is 39.4 Å². The number of hydrogen-bond donors (Lipinski definition) is 1. The molecule has 1 heterocycles. The molecule has 1 saturated carbocycles. The van der Waals surface area contributed by atoms with Crippen LogP contribution in [-0.2, 0) is 6.42 Å². The molecule has 0 aromatic heterocycles. The monoisotopic (exact) mass is 489 g/mol. The van der Waals surface area contributed by atoms with E-state index in [-0.39, 0.29) is 0 Å². The highest BCUT2D eigenvalue weighted by molar-refractivity contribution is 6.34. The number of methoxy groups -OCH3 is 1. The van der Waals surface area contributed by atoms with Crippen molar-refractivity contribution < 1.29 is 4.74 Å². The van der Waals surface area contributed by atoms with Gasteiger partial charge in [-0.1, -0.05) is 54.6 Å². The Bertz CT molecular complexity index is 842. The second-order valence-corrected chi connectivity index (χ2v) is 10.3. The summed E-state index contributed by atoms with van der Waals surface area (Å²) in [5.74, 6) is 0.908. The van der Waals surface area contributed by atoms with Crippen LogP contribution in [0.5, 0.6) is 5.75 Å². The van der Waals surface area contributed by atoms with Crippen molar-refractivity contribution in [2.24, 2.45) is 0 Å². The Hall–Kier alpha value is -1.30. The van der Waals surface area contributed by atoms with Gasteiger partial charge in [-0.3, -0.25) is 9.80 Å². The standard InChI is InChI=1S/C27H37Cl2N3O/c1-33-26-9-7-22(8-10-26)27(20-30-12-11-21-17-23(28)19-24(29)18-21)32-15-13-31(14-16-32)25-5-3-2-4-6-25/h7-10,17-19,25,27,30H,2-6,11-16,20H2,1H3. The summed E-state index contributed by atoms with van der Waals surface area (Å²) >= 11 is 12.3. The van der Waals surface area contributed by atoms with E-state index >= 15 is 0 Å². The van der Waals surface area contributed by atoms with Crippen LogP contribution in [0.2, 0.25) is 10.0 Å². The third kappa shape index (κ3) is 7.10. The van der Waals surface area contributed by atoms with Crippen LogP contribution < -0.4 is 10.1 Å². The number of ether oxygens (including phenoxy) is 1. The smallest absolute Gasteiger partial charge is 0.118 e. The van der Waals surface area contributed by atoms with Crippen molar-refractivity contribution >= 4 is 23.2 Å². The summed E-state index contributed by atoms with van der Waals surface area (Å²) in [6.07, 6.45) is 7.91. The highest BCUT2D eigenvalue weighted by Gasteiger charge is 2.29. The van der Waals surface area contributed by atoms with Gasteiger partial charge in [0, 0.05) is 54.9 Å².